The summed E-state index contributed by atoms with van der Waals surface area (Å²) in [7, 11) is 0. The Morgan fingerprint density at radius 2 is 1.77 bits per heavy atom. The van der Waals surface area contributed by atoms with Crippen LogP contribution in [-0.4, -0.2) is 9.55 Å². The maximum Gasteiger partial charge on any atom is 0.257 e. The molecule has 0 N–H and O–H groups in total. The molecular weight excluding hydrogens is 437 g/mol. The van der Waals surface area contributed by atoms with Gasteiger partial charge in [0.05, 0.1) is 23.9 Å². The van der Waals surface area contributed by atoms with Crippen LogP contribution in [0.25, 0.3) is 11.1 Å². The lowest BCUT2D eigenvalue weighted by atomic mass is 9.95. The first kappa shape index (κ1) is 24.1. The molecule has 0 saturated heterocycles. The van der Waals surface area contributed by atoms with Crippen LogP contribution in [0.5, 0.6) is 0 Å². The van der Waals surface area contributed by atoms with E-state index in [4.69, 9.17) is 4.98 Å². The highest BCUT2D eigenvalue weighted by Gasteiger charge is 2.17. The van der Waals surface area contributed by atoms with Crippen LogP contribution in [0.15, 0.2) is 77.6 Å². The number of hydrogen-bond acceptors (Lipinski definition) is 3. The Balaban J connectivity index is 1.76. The highest BCUT2D eigenvalue weighted by Crippen LogP contribution is 2.25. The van der Waals surface area contributed by atoms with Gasteiger partial charge < -0.3 is 0 Å². The van der Waals surface area contributed by atoms with Crippen molar-refractivity contribution in [1.82, 2.24) is 9.55 Å². The molecule has 1 aromatic heterocycles. The molecule has 0 radical (unpaired) electrons. The van der Waals surface area contributed by atoms with Crippen LogP contribution < -0.4 is 5.56 Å². The van der Waals surface area contributed by atoms with E-state index in [-0.39, 0.29) is 17.9 Å². The predicted octanol–water partition coefficient (Wildman–Crippen LogP) is 6.21. The van der Waals surface area contributed by atoms with Crippen LogP contribution in [0.2, 0.25) is 0 Å². The molecule has 176 valence electrons. The molecule has 0 amide bonds. The van der Waals surface area contributed by atoms with E-state index in [1.807, 2.05) is 48.5 Å². The molecular formula is C30H28FN3O. The maximum absolute atomic E-state index is 14.3. The number of nitrogens with zero attached hydrogens (tertiary/aromatic N) is 3. The van der Waals surface area contributed by atoms with Crippen molar-refractivity contribution in [3.63, 3.8) is 0 Å². The Bertz CT molecular complexity index is 1430. The summed E-state index contributed by atoms with van der Waals surface area (Å²) >= 11 is 0. The number of nitriles is 1. The molecule has 0 bridgehead atoms. The molecule has 0 spiro atoms. The smallest absolute Gasteiger partial charge is 0.257 e. The first-order valence-electron chi connectivity index (χ1n) is 11.9. The molecule has 0 aliphatic heterocycles. The summed E-state index contributed by atoms with van der Waals surface area (Å²) < 4.78 is 15.9. The second-order valence-electron chi connectivity index (χ2n) is 8.71. The summed E-state index contributed by atoms with van der Waals surface area (Å²) in [5, 5.41) is 9.80. The lowest BCUT2D eigenvalue weighted by molar-refractivity contribution is 0.585. The monoisotopic (exact) mass is 465 g/mol. The van der Waals surface area contributed by atoms with E-state index in [1.54, 1.807) is 29.7 Å². The minimum Gasteiger partial charge on any atom is -0.292 e. The van der Waals surface area contributed by atoms with Crippen molar-refractivity contribution >= 4 is 0 Å². The minimum absolute atomic E-state index is 0.127. The molecule has 0 aliphatic carbocycles. The van der Waals surface area contributed by atoms with E-state index < -0.39 is 0 Å². The Hall–Kier alpha value is -4.04. The van der Waals surface area contributed by atoms with Crippen LogP contribution in [0.3, 0.4) is 0 Å². The maximum atomic E-state index is 14.3. The fourth-order valence-corrected chi connectivity index (χ4v) is 4.34. The van der Waals surface area contributed by atoms with E-state index in [0.29, 0.717) is 35.4 Å². The van der Waals surface area contributed by atoms with Gasteiger partial charge in [-0.15, -0.1) is 0 Å². The highest BCUT2D eigenvalue weighted by molar-refractivity contribution is 5.71. The molecule has 1 heterocycles. The van der Waals surface area contributed by atoms with Crippen molar-refractivity contribution in [2.75, 3.05) is 0 Å². The van der Waals surface area contributed by atoms with Crippen molar-refractivity contribution in [3.8, 4) is 17.2 Å². The summed E-state index contributed by atoms with van der Waals surface area (Å²) in [6, 6.07) is 24.3. The second-order valence-corrected chi connectivity index (χ2v) is 8.71. The topological polar surface area (TPSA) is 58.7 Å². The molecule has 35 heavy (non-hydrogen) atoms. The zero-order valence-electron chi connectivity index (χ0n) is 20.1. The Labute approximate surface area is 205 Å². The first-order chi connectivity index (χ1) is 17.0. The summed E-state index contributed by atoms with van der Waals surface area (Å²) in [5.41, 5.74) is 4.96. The van der Waals surface area contributed by atoms with Crippen molar-refractivity contribution in [3.05, 3.63) is 123 Å². The van der Waals surface area contributed by atoms with Gasteiger partial charge in [0.15, 0.2) is 0 Å². The Morgan fingerprint density at radius 1 is 1.03 bits per heavy atom. The summed E-state index contributed by atoms with van der Waals surface area (Å²) in [4.78, 5) is 18.4. The van der Waals surface area contributed by atoms with Gasteiger partial charge >= 0.3 is 0 Å². The van der Waals surface area contributed by atoms with Crippen LogP contribution >= 0.6 is 0 Å². The highest BCUT2D eigenvalue weighted by atomic mass is 19.1. The third-order valence-corrected chi connectivity index (χ3v) is 6.26. The van der Waals surface area contributed by atoms with Crippen LogP contribution in [0.4, 0.5) is 4.39 Å². The minimum atomic E-state index is -0.342. The third kappa shape index (κ3) is 5.38. The van der Waals surface area contributed by atoms with Gasteiger partial charge in [-0.05, 0) is 48.6 Å². The lowest BCUT2D eigenvalue weighted by Gasteiger charge is -2.16. The fraction of sp³-hybridized carbons (Fsp3) is 0.233. The molecule has 4 nitrogen and oxygen atoms in total. The van der Waals surface area contributed by atoms with Crippen LogP contribution in [0.1, 0.15) is 53.5 Å². The Morgan fingerprint density at radius 3 is 2.49 bits per heavy atom. The number of rotatable bonds is 8. The van der Waals surface area contributed by atoms with Gasteiger partial charge in [0.1, 0.15) is 11.6 Å². The molecule has 4 rings (SSSR count). The average Bonchev–Trinajstić information content (AvgIpc) is 2.88. The lowest BCUT2D eigenvalue weighted by Crippen LogP contribution is -2.30. The summed E-state index contributed by atoms with van der Waals surface area (Å²) in [6.07, 6.45) is 2.98. The van der Waals surface area contributed by atoms with Gasteiger partial charge in [0, 0.05) is 17.5 Å². The average molecular weight is 466 g/mol. The van der Waals surface area contributed by atoms with Gasteiger partial charge in [-0.3, -0.25) is 9.36 Å². The molecule has 5 heteroatoms. The summed E-state index contributed by atoms with van der Waals surface area (Å²) in [6.45, 7) is 4.03. The van der Waals surface area contributed by atoms with Crippen molar-refractivity contribution < 1.29 is 4.39 Å². The fourth-order valence-electron chi connectivity index (χ4n) is 4.34. The molecule has 0 aliphatic rings. The standard InChI is InChI=1S/C30H28FN3O/c1-3-4-14-29-27(30(35)34(21(2)33-29)20-24-12-8-9-13-28(24)31)18-22-15-16-26(25(17-22)19-32)23-10-6-5-7-11-23/h5-13,15-17H,3-4,14,18,20H2,1-2H3. The molecule has 0 saturated carbocycles. The number of aryl methyl sites for hydroxylation is 2. The number of benzene rings is 3. The van der Waals surface area contributed by atoms with Gasteiger partial charge in [-0.2, -0.15) is 5.26 Å². The van der Waals surface area contributed by atoms with Gasteiger partial charge in [0.2, 0.25) is 0 Å². The van der Waals surface area contributed by atoms with Crippen LogP contribution in [0, 0.1) is 24.1 Å². The van der Waals surface area contributed by atoms with Crippen molar-refractivity contribution in [2.45, 2.75) is 46.1 Å². The van der Waals surface area contributed by atoms with E-state index in [0.717, 1.165) is 35.2 Å². The van der Waals surface area contributed by atoms with Gasteiger partial charge in [-0.25, -0.2) is 9.37 Å². The Kier molecular flexibility index (Phi) is 7.52. The number of hydrogen-bond donors (Lipinski definition) is 0. The zero-order valence-corrected chi connectivity index (χ0v) is 20.1. The van der Waals surface area contributed by atoms with Gasteiger partial charge in [0.25, 0.3) is 5.56 Å². The van der Waals surface area contributed by atoms with Crippen molar-refractivity contribution in [2.24, 2.45) is 0 Å². The quantitative estimate of drug-likeness (QED) is 0.311. The second kappa shape index (κ2) is 10.9. The number of aromatic nitrogens is 2. The van der Waals surface area contributed by atoms with Gasteiger partial charge in [-0.1, -0.05) is 74.0 Å². The normalized spacial score (nSPS) is 10.8. The predicted molar refractivity (Wildman–Crippen MR) is 137 cm³/mol. The third-order valence-electron chi connectivity index (χ3n) is 6.26. The van der Waals surface area contributed by atoms with E-state index in [2.05, 4.69) is 13.0 Å². The largest absolute Gasteiger partial charge is 0.292 e. The van der Waals surface area contributed by atoms with E-state index in [1.165, 1.54) is 6.07 Å². The van der Waals surface area contributed by atoms with Crippen molar-refractivity contribution in [1.29, 1.82) is 5.26 Å². The van der Waals surface area contributed by atoms with Crippen LogP contribution in [-0.2, 0) is 19.4 Å². The molecule has 0 unspecified atom stereocenters. The molecule has 0 atom stereocenters. The van der Waals surface area contributed by atoms with E-state index in [9.17, 15) is 14.4 Å². The molecule has 4 aromatic rings. The zero-order chi connectivity index (χ0) is 24.8. The number of halogens is 1. The summed E-state index contributed by atoms with van der Waals surface area (Å²) in [5.74, 6) is 0.232. The number of unbranched alkanes of at least 4 members (excludes halogenated alkanes) is 1. The SMILES string of the molecule is CCCCc1nc(C)n(Cc2ccccc2F)c(=O)c1Cc1ccc(-c2ccccc2)c(C#N)c1. The van der Waals surface area contributed by atoms with E-state index >= 15 is 0 Å². The first-order valence-corrected chi connectivity index (χ1v) is 11.9. The molecule has 0 fully saturated rings. The molecule has 3 aromatic carbocycles.